The molecule has 1 aromatic carbocycles. The van der Waals surface area contributed by atoms with E-state index in [0.29, 0.717) is 18.0 Å². The number of carbonyl (C=O) groups excluding carboxylic acids is 1. The third kappa shape index (κ3) is 4.49. The summed E-state index contributed by atoms with van der Waals surface area (Å²) in [4.78, 5) is 11.9. The van der Waals surface area contributed by atoms with Crippen molar-refractivity contribution in [2.24, 2.45) is 0 Å². The molecule has 1 nitrogen and oxygen atoms in total. The maximum absolute atomic E-state index is 11.9. The van der Waals surface area contributed by atoms with E-state index in [-0.39, 0.29) is 0 Å². The third-order valence-corrected chi connectivity index (χ3v) is 4.99. The van der Waals surface area contributed by atoms with Crippen LogP contribution in [0.1, 0.15) is 43.2 Å². The Morgan fingerprint density at radius 2 is 1.83 bits per heavy atom. The highest BCUT2D eigenvalue weighted by Crippen LogP contribution is 2.28. The van der Waals surface area contributed by atoms with E-state index in [0.717, 1.165) is 10.8 Å². The van der Waals surface area contributed by atoms with Gasteiger partial charge in [0, 0.05) is 11.7 Å². The summed E-state index contributed by atoms with van der Waals surface area (Å²) in [5.41, 5.74) is 2.40. The predicted molar refractivity (Wildman–Crippen MR) is 79.2 cm³/mol. The van der Waals surface area contributed by atoms with E-state index >= 15 is 0 Å². The predicted octanol–water partition coefficient (Wildman–Crippen LogP) is 4.17. The number of aryl methyl sites for hydroxylation is 1. The lowest BCUT2D eigenvalue weighted by atomic mass is 10.0. The summed E-state index contributed by atoms with van der Waals surface area (Å²) in [6, 6.07) is 8.30. The van der Waals surface area contributed by atoms with Gasteiger partial charge in [0.25, 0.3) is 0 Å². The van der Waals surface area contributed by atoms with Crippen LogP contribution in [0.5, 0.6) is 0 Å². The molecule has 0 aromatic heterocycles. The van der Waals surface area contributed by atoms with Crippen molar-refractivity contribution >= 4 is 17.5 Å². The van der Waals surface area contributed by atoms with E-state index in [1.165, 1.54) is 37.7 Å². The lowest BCUT2D eigenvalue weighted by Gasteiger charge is -2.20. The summed E-state index contributed by atoms with van der Waals surface area (Å²) in [7, 11) is 0. The Kier molecular flexibility index (Phi) is 5.30. The van der Waals surface area contributed by atoms with Gasteiger partial charge in [0.1, 0.15) is 5.78 Å². The van der Waals surface area contributed by atoms with Gasteiger partial charge in [-0.2, -0.15) is 11.8 Å². The minimum absolute atomic E-state index is 0.370. The molecule has 1 aliphatic rings. The van der Waals surface area contributed by atoms with Crippen LogP contribution in [0.2, 0.25) is 0 Å². The molecular formula is C16H22OS. The van der Waals surface area contributed by atoms with Crippen LogP contribution in [-0.4, -0.2) is 16.8 Å². The molecule has 0 bridgehead atoms. The second kappa shape index (κ2) is 6.98. The van der Waals surface area contributed by atoms with Gasteiger partial charge < -0.3 is 0 Å². The maximum Gasteiger partial charge on any atom is 0.147 e. The topological polar surface area (TPSA) is 17.1 Å². The molecule has 0 radical (unpaired) electrons. The lowest BCUT2D eigenvalue weighted by molar-refractivity contribution is -0.116. The second-order valence-electron chi connectivity index (χ2n) is 5.27. The van der Waals surface area contributed by atoms with E-state index < -0.39 is 0 Å². The zero-order valence-corrected chi connectivity index (χ0v) is 12.0. The SMILES string of the molecule is Cc1ccc(CC(=O)CSC2CCCCC2)cc1. The van der Waals surface area contributed by atoms with E-state index in [2.05, 4.69) is 31.2 Å². The Hall–Kier alpha value is -0.760. The molecule has 0 unspecified atom stereocenters. The molecule has 98 valence electrons. The standard InChI is InChI=1S/C16H22OS/c1-13-7-9-14(10-8-13)11-15(17)12-18-16-5-3-2-4-6-16/h7-10,16H,2-6,11-12H2,1H3. The highest BCUT2D eigenvalue weighted by Gasteiger charge is 2.15. The molecule has 0 spiro atoms. The Labute approximate surface area is 114 Å². The van der Waals surface area contributed by atoms with E-state index in [1.54, 1.807) is 0 Å². The zero-order chi connectivity index (χ0) is 12.8. The third-order valence-electron chi connectivity index (χ3n) is 3.55. The molecule has 2 rings (SSSR count). The first-order valence-electron chi connectivity index (χ1n) is 6.93. The quantitative estimate of drug-likeness (QED) is 0.792. The van der Waals surface area contributed by atoms with Crippen LogP contribution in [0.15, 0.2) is 24.3 Å². The van der Waals surface area contributed by atoms with Gasteiger partial charge in [0.05, 0.1) is 5.75 Å². The summed E-state index contributed by atoms with van der Waals surface area (Å²) in [6.45, 7) is 2.07. The van der Waals surface area contributed by atoms with Gasteiger partial charge in [0.15, 0.2) is 0 Å². The Morgan fingerprint density at radius 1 is 1.17 bits per heavy atom. The monoisotopic (exact) mass is 262 g/mol. The van der Waals surface area contributed by atoms with Crippen molar-refractivity contribution in [2.75, 3.05) is 5.75 Å². The van der Waals surface area contributed by atoms with Gasteiger partial charge in [0.2, 0.25) is 0 Å². The van der Waals surface area contributed by atoms with Crippen molar-refractivity contribution in [3.8, 4) is 0 Å². The highest BCUT2D eigenvalue weighted by molar-refractivity contribution is 8.00. The van der Waals surface area contributed by atoms with Gasteiger partial charge >= 0.3 is 0 Å². The fourth-order valence-corrected chi connectivity index (χ4v) is 3.62. The minimum atomic E-state index is 0.370. The fraction of sp³-hybridized carbons (Fsp3) is 0.562. The van der Waals surface area contributed by atoms with Crippen LogP contribution in [-0.2, 0) is 11.2 Å². The molecule has 1 fully saturated rings. The van der Waals surface area contributed by atoms with Crippen molar-refractivity contribution in [1.29, 1.82) is 0 Å². The number of ketones is 1. The van der Waals surface area contributed by atoms with Crippen molar-refractivity contribution in [3.05, 3.63) is 35.4 Å². The van der Waals surface area contributed by atoms with E-state index in [4.69, 9.17) is 0 Å². The largest absolute Gasteiger partial charge is 0.298 e. The normalized spacial score (nSPS) is 16.7. The van der Waals surface area contributed by atoms with Gasteiger partial charge in [-0.3, -0.25) is 4.79 Å². The van der Waals surface area contributed by atoms with Crippen molar-refractivity contribution in [2.45, 2.75) is 50.7 Å². The minimum Gasteiger partial charge on any atom is -0.298 e. The van der Waals surface area contributed by atoms with Gasteiger partial charge in [-0.25, -0.2) is 0 Å². The van der Waals surface area contributed by atoms with E-state index in [1.807, 2.05) is 11.8 Å². The molecule has 1 aromatic rings. The van der Waals surface area contributed by atoms with Crippen molar-refractivity contribution in [1.82, 2.24) is 0 Å². The average molecular weight is 262 g/mol. The van der Waals surface area contributed by atoms with Gasteiger partial charge in [-0.1, -0.05) is 49.1 Å². The molecule has 1 saturated carbocycles. The number of benzene rings is 1. The Morgan fingerprint density at radius 3 is 2.50 bits per heavy atom. The van der Waals surface area contributed by atoms with Crippen LogP contribution in [0, 0.1) is 6.92 Å². The summed E-state index contributed by atoms with van der Waals surface area (Å²) in [5.74, 6) is 1.06. The number of Topliss-reactive ketones (excluding diaryl/α,β-unsaturated/α-hetero) is 1. The molecule has 0 N–H and O–H groups in total. The molecule has 0 amide bonds. The van der Waals surface area contributed by atoms with Crippen LogP contribution in [0.25, 0.3) is 0 Å². The number of carbonyl (C=O) groups is 1. The summed E-state index contributed by atoms with van der Waals surface area (Å²) < 4.78 is 0. The molecule has 0 atom stereocenters. The number of hydrogen-bond donors (Lipinski definition) is 0. The van der Waals surface area contributed by atoms with Crippen LogP contribution in [0.3, 0.4) is 0 Å². The molecule has 18 heavy (non-hydrogen) atoms. The molecule has 0 heterocycles. The fourth-order valence-electron chi connectivity index (χ4n) is 2.43. The zero-order valence-electron chi connectivity index (χ0n) is 11.2. The smallest absolute Gasteiger partial charge is 0.147 e. The van der Waals surface area contributed by atoms with Gasteiger partial charge in [-0.15, -0.1) is 0 Å². The number of rotatable bonds is 5. The van der Waals surface area contributed by atoms with Gasteiger partial charge in [-0.05, 0) is 25.3 Å². The molecule has 0 saturated heterocycles. The first-order valence-corrected chi connectivity index (χ1v) is 7.98. The maximum atomic E-state index is 11.9. The summed E-state index contributed by atoms with van der Waals surface area (Å²) >= 11 is 1.88. The first kappa shape index (κ1) is 13.7. The van der Waals surface area contributed by atoms with Crippen LogP contribution in [0.4, 0.5) is 0 Å². The first-order chi connectivity index (χ1) is 8.74. The van der Waals surface area contributed by atoms with Crippen LogP contribution < -0.4 is 0 Å². The lowest BCUT2D eigenvalue weighted by Crippen LogP contribution is -2.13. The van der Waals surface area contributed by atoms with Crippen molar-refractivity contribution < 1.29 is 4.79 Å². The van der Waals surface area contributed by atoms with Crippen LogP contribution >= 0.6 is 11.8 Å². The summed E-state index contributed by atoms with van der Waals surface area (Å²) in [5, 5.41) is 0.737. The molecular weight excluding hydrogens is 240 g/mol. The van der Waals surface area contributed by atoms with E-state index in [9.17, 15) is 4.79 Å². The highest BCUT2D eigenvalue weighted by atomic mass is 32.2. The molecule has 2 heteroatoms. The Balaban J connectivity index is 1.73. The van der Waals surface area contributed by atoms with Crippen molar-refractivity contribution in [3.63, 3.8) is 0 Å². The average Bonchev–Trinajstić information content (AvgIpc) is 2.40. The second-order valence-corrected chi connectivity index (χ2v) is 6.56. The summed E-state index contributed by atoms with van der Waals surface area (Å²) in [6.07, 6.45) is 7.30. The Bertz CT molecular complexity index is 377. The molecule has 0 aliphatic heterocycles. The number of thioether (sulfide) groups is 1. The molecule has 1 aliphatic carbocycles. The number of hydrogen-bond acceptors (Lipinski definition) is 2.